The zero-order valence-electron chi connectivity index (χ0n) is 14.5. The van der Waals surface area contributed by atoms with Crippen LogP contribution in [0.15, 0.2) is 54.9 Å². The Labute approximate surface area is 169 Å². The van der Waals surface area contributed by atoms with Gasteiger partial charge in [0.2, 0.25) is 0 Å². The van der Waals surface area contributed by atoms with Crippen LogP contribution in [0.2, 0.25) is 10.0 Å². The van der Waals surface area contributed by atoms with E-state index in [4.69, 9.17) is 27.9 Å². The molecular formula is C19H15Cl2F3N2O2. The van der Waals surface area contributed by atoms with E-state index in [1.165, 1.54) is 48.2 Å². The van der Waals surface area contributed by atoms with Gasteiger partial charge in [-0.15, -0.1) is 0 Å². The largest absolute Gasteiger partial charge is 0.416 e. The third-order valence-electron chi connectivity index (χ3n) is 4.26. The Morgan fingerprint density at radius 3 is 2.29 bits per heavy atom. The van der Waals surface area contributed by atoms with Crippen molar-refractivity contribution in [3.05, 3.63) is 87.4 Å². The van der Waals surface area contributed by atoms with Gasteiger partial charge in [0, 0.05) is 35.1 Å². The molecule has 0 bridgehead atoms. The summed E-state index contributed by atoms with van der Waals surface area (Å²) in [7, 11) is 1.47. The fraction of sp³-hybridized carbons (Fsp3) is 0.211. The van der Waals surface area contributed by atoms with E-state index >= 15 is 0 Å². The minimum Gasteiger partial charge on any atom is -0.373 e. The molecule has 0 saturated carbocycles. The summed E-state index contributed by atoms with van der Waals surface area (Å²) >= 11 is 12.3. The highest BCUT2D eigenvalue weighted by Crippen LogP contribution is 2.41. The first-order valence-corrected chi connectivity index (χ1v) is 8.79. The lowest BCUT2D eigenvalue weighted by molar-refractivity contribution is -0.137. The highest BCUT2D eigenvalue weighted by molar-refractivity contribution is 6.35. The Balaban J connectivity index is 2.24. The van der Waals surface area contributed by atoms with E-state index in [1.807, 2.05) is 0 Å². The number of aromatic nitrogens is 2. The fourth-order valence-corrected chi connectivity index (χ4v) is 3.51. The normalized spacial score (nSPS) is 14.1. The van der Waals surface area contributed by atoms with Crippen LogP contribution < -0.4 is 0 Å². The molecule has 0 radical (unpaired) electrons. The number of benzene rings is 2. The second-order valence-corrected chi connectivity index (χ2v) is 6.89. The van der Waals surface area contributed by atoms with E-state index in [0.29, 0.717) is 5.02 Å². The van der Waals surface area contributed by atoms with Gasteiger partial charge in [-0.1, -0.05) is 41.4 Å². The Morgan fingerprint density at radius 2 is 1.71 bits per heavy atom. The van der Waals surface area contributed by atoms with Crippen molar-refractivity contribution >= 4 is 23.2 Å². The first-order valence-electron chi connectivity index (χ1n) is 8.04. The molecule has 0 spiro atoms. The van der Waals surface area contributed by atoms with Crippen molar-refractivity contribution in [2.75, 3.05) is 7.11 Å². The number of aliphatic hydroxyl groups is 1. The highest BCUT2D eigenvalue weighted by atomic mass is 35.5. The van der Waals surface area contributed by atoms with Crippen LogP contribution in [-0.2, 0) is 23.2 Å². The van der Waals surface area contributed by atoms with Crippen molar-refractivity contribution in [3.8, 4) is 0 Å². The number of hydrogen-bond acceptors (Lipinski definition) is 3. The van der Waals surface area contributed by atoms with Gasteiger partial charge in [0.05, 0.1) is 5.56 Å². The van der Waals surface area contributed by atoms with Crippen LogP contribution >= 0.6 is 23.2 Å². The lowest BCUT2D eigenvalue weighted by Gasteiger charge is -2.30. The van der Waals surface area contributed by atoms with Gasteiger partial charge in [-0.2, -0.15) is 13.2 Å². The number of halogens is 5. The molecule has 148 valence electrons. The first kappa shape index (κ1) is 20.7. The molecule has 0 aliphatic heterocycles. The maximum Gasteiger partial charge on any atom is 0.416 e. The summed E-state index contributed by atoms with van der Waals surface area (Å²) in [6.07, 6.45) is -1.46. The van der Waals surface area contributed by atoms with E-state index < -0.39 is 17.3 Å². The Bertz CT molecular complexity index is 974. The van der Waals surface area contributed by atoms with Crippen molar-refractivity contribution in [1.82, 2.24) is 9.55 Å². The highest BCUT2D eigenvalue weighted by Gasteiger charge is 2.40. The number of ether oxygens (including phenoxy) is 1. The van der Waals surface area contributed by atoms with E-state index in [0.717, 1.165) is 12.1 Å². The van der Waals surface area contributed by atoms with Gasteiger partial charge in [-0.05, 0) is 29.8 Å². The lowest BCUT2D eigenvalue weighted by atomic mass is 9.85. The summed E-state index contributed by atoms with van der Waals surface area (Å²) in [5.41, 5.74) is -2.38. The fourth-order valence-electron chi connectivity index (χ4n) is 2.96. The maximum atomic E-state index is 13.0. The average Bonchev–Trinajstić information content (AvgIpc) is 3.10. The van der Waals surface area contributed by atoms with Crippen LogP contribution in [0.25, 0.3) is 0 Å². The Hall–Kier alpha value is -2.06. The third-order valence-corrected chi connectivity index (χ3v) is 4.81. The molecule has 3 rings (SSSR count). The van der Waals surface area contributed by atoms with Gasteiger partial charge in [-0.3, -0.25) is 0 Å². The molecule has 1 unspecified atom stereocenters. The molecule has 1 atom stereocenters. The van der Waals surface area contributed by atoms with Gasteiger partial charge >= 0.3 is 6.18 Å². The van der Waals surface area contributed by atoms with Crippen molar-refractivity contribution in [3.63, 3.8) is 0 Å². The molecule has 28 heavy (non-hydrogen) atoms. The Morgan fingerprint density at radius 1 is 1.07 bits per heavy atom. The number of methoxy groups -OCH3 is 1. The average molecular weight is 431 g/mol. The number of alkyl halides is 3. The number of imidazole rings is 1. The molecular weight excluding hydrogens is 416 g/mol. The summed E-state index contributed by atoms with van der Waals surface area (Å²) in [4.78, 5) is 4.21. The molecule has 2 aromatic carbocycles. The first-order chi connectivity index (χ1) is 13.2. The molecule has 0 aliphatic carbocycles. The molecule has 0 saturated heterocycles. The van der Waals surface area contributed by atoms with Crippen LogP contribution in [0.4, 0.5) is 13.2 Å². The second-order valence-electron chi connectivity index (χ2n) is 6.05. The molecule has 4 nitrogen and oxygen atoms in total. The predicted octanol–water partition coefficient (Wildman–Crippen LogP) is 5.10. The summed E-state index contributed by atoms with van der Waals surface area (Å²) < 4.78 is 45.5. The van der Waals surface area contributed by atoms with E-state index in [2.05, 4.69) is 4.98 Å². The molecule has 3 aromatic rings. The topological polar surface area (TPSA) is 47.3 Å². The third kappa shape index (κ3) is 3.75. The minimum atomic E-state index is -4.50. The molecule has 9 heteroatoms. The molecule has 1 N–H and O–H groups in total. The van der Waals surface area contributed by atoms with Gasteiger partial charge < -0.3 is 14.4 Å². The van der Waals surface area contributed by atoms with Crippen molar-refractivity contribution < 1.29 is 23.0 Å². The smallest absolute Gasteiger partial charge is 0.373 e. The van der Waals surface area contributed by atoms with Crippen molar-refractivity contribution in [1.29, 1.82) is 0 Å². The van der Waals surface area contributed by atoms with Gasteiger partial charge in [0.15, 0.2) is 11.4 Å². The zero-order valence-corrected chi connectivity index (χ0v) is 16.1. The van der Waals surface area contributed by atoms with Crippen molar-refractivity contribution in [2.45, 2.75) is 18.5 Å². The van der Waals surface area contributed by atoms with Crippen LogP contribution in [0.3, 0.4) is 0 Å². The monoisotopic (exact) mass is 430 g/mol. The van der Waals surface area contributed by atoms with E-state index in [1.54, 1.807) is 6.20 Å². The number of hydrogen-bond donors (Lipinski definition) is 1. The van der Waals surface area contributed by atoms with Crippen LogP contribution in [-0.4, -0.2) is 21.8 Å². The molecule has 0 amide bonds. The van der Waals surface area contributed by atoms with Crippen LogP contribution in [0.5, 0.6) is 0 Å². The molecule has 1 aromatic heterocycles. The summed E-state index contributed by atoms with van der Waals surface area (Å²) in [5.74, 6) is 0.137. The van der Waals surface area contributed by atoms with Gasteiger partial charge in [0.1, 0.15) is 6.73 Å². The Kier molecular flexibility index (Phi) is 5.72. The standard InChI is InChI=1S/C19H15Cl2F3N2O2/c1-28-11-26-9-8-25-17(26)18(27,15-7-6-14(20)10-16(15)21)12-2-4-13(5-3-12)19(22,23)24/h2-10,27H,11H2,1H3. The number of rotatable bonds is 5. The van der Waals surface area contributed by atoms with Crippen LogP contribution in [0, 0.1) is 0 Å². The quantitative estimate of drug-likeness (QED) is 0.612. The SMILES string of the molecule is COCn1ccnc1C(O)(c1ccc(C(F)(F)F)cc1)c1ccc(Cl)cc1Cl. The molecule has 1 heterocycles. The summed E-state index contributed by atoms with van der Waals surface area (Å²) in [6, 6.07) is 8.66. The lowest BCUT2D eigenvalue weighted by Crippen LogP contribution is -2.33. The maximum absolute atomic E-state index is 13.0. The van der Waals surface area contributed by atoms with Gasteiger partial charge in [-0.25, -0.2) is 4.98 Å². The predicted molar refractivity (Wildman–Crippen MR) is 99.2 cm³/mol. The van der Waals surface area contributed by atoms with Crippen molar-refractivity contribution in [2.24, 2.45) is 0 Å². The minimum absolute atomic E-state index is 0.0729. The second kappa shape index (κ2) is 7.75. The van der Waals surface area contributed by atoms with E-state index in [9.17, 15) is 18.3 Å². The zero-order chi connectivity index (χ0) is 20.5. The number of nitrogens with zero attached hydrogens (tertiary/aromatic N) is 2. The van der Waals surface area contributed by atoms with Crippen LogP contribution in [0.1, 0.15) is 22.5 Å². The van der Waals surface area contributed by atoms with E-state index in [-0.39, 0.29) is 28.7 Å². The molecule has 0 fully saturated rings. The molecule has 0 aliphatic rings. The summed E-state index contributed by atoms with van der Waals surface area (Å²) in [6.45, 7) is 0.0729. The van der Waals surface area contributed by atoms with Gasteiger partial charge in [0.25, 0.3) is 0 Å². The summed E-state index contributed by atoms with van der Waals surface area (Å²) in [5, 5.41) is 12.2.